The van der Waals surface area contributed by atoms with E-state index in [0.29, 0.717) is 19.8 Å². The van der Waals surface area contributed by atoms with Crippen LogP contribution in [0.15, 0.2) is 0 Å². The third-order valence-electron chi connectivity index (χ3n) is 2.84. The SMILES string of the molecule is CC(=O)[O-].CCO[Si](CCC[N+]1=CNCC1)(OCC)OCC. The smallest absolute Gasteiger partial charge is 0.501 e. The molecule has 0 aromatic heterocycles. The van der Waals surface area contributed by atoms with Gasteiger partial charge in [-0.15, -0.1) is 0 Å². The number of carboxylic acid groups (broad SMARTS) is 1. The van der Waals surface area contributed by atoms with Crippen LogP contribution in [0.2, 0.25) is 6.04 Å². The number of hydrogen-bond donors (Lipinski definition) is 1. The molecule has 22 heavy (non-hydrogen) atoms. The molecule has 0 radical (unpaired) electrons. The maximum atomic E-state index is 8.89. The molecule has 1 N–H and O–H groups in total. The van der Waals surface area contributed by atoms with Crippen LogP contribution in [0, 0.1) is 0 Å². The second-order valence-electron chi connectivity index (χ2n) is 4.70. The lowest BCUT2D eigenvalue weighted by Gasteiger charge is -2.28. The molecule has 0 saturated carbocycles. The molecule has 0 unspecified atom stereocenters. The van der Waals surface area contributed by atoms with Gasteiger partial charge in [0.25, 0.3) is 0 Å². The molecule has 0 saturated heterocycles. The Morgan fingerprint density at radius 1 is 1.23 bits per heavy atom. The van der Waals surface area contributed by atoms with E-state index >= 15 is 0 Å². The summed E-state index contributed by atoms with van der Waals surface area (Å²) in [5.74, 6) is -1.08. The van der Waals surface area contributed by atoms with Crippen molar-refractivity contribution in [2.45, 2.75) is 40.2 Å². The Morgan fingerprint density at radius 3 is 2.09 bits per heavy atom. The Bertz CT molecular complexity index is 318. The number of aliphatic carboxylic acids is 1. The number of hydrogen-bond acceptors (Lipinski definition) is 6. The second-order valence-corrected chi connectivity index (χ2v) is 7.43. The summed E-state index contributed by atoms with van der Waals surface area (Å²) in [6.07, 6.45) is 3.11. The first-order valence-corrected chi connectivity index (χ1v) is 9.83. The zero-order valence-electron chi connectivity index (χ0n) is 14.2. The molecular weight excluding hydrogens is 304 g/mol. The number of carboxylic acids is 1. The first-order chi connectivity index (χ1) is 10.5. The van der Waals surface area contributed by atoms with E-state index in [4.69, 9.17) is 23.2 Å². The van der Waals surface area contributed by atoms with Gasteiger partial charge in [-0.25, -0.2) is 0 Å². The largest absolute Gasteiger partial charge is 0.550 e. The van der Waals surface area contributed by atoms with Gasteiger partial charge in [0.1, 0.15) is 13.1 Å². The van der Waals surface area contributed by atoms with Crippen LogP contribution in [-0.4, -0.2) is 65.1 Å². The Labute approximate surface area is 134 Å². The predicted octanol–water partition coefficient (Wildman–Crippen LogP) is -0.175. The van der Waals surface area contributed by atoms with Crippen molar-refractivity contribution in [2.24, 2.45) is 0 Å². The minimum Gasteiger partial charge on any atom is -0.550 e. The average Bonchev–Trinajstić information content (AvgIpc) is 2.92. The zero-order valence-corrected chi connectivity index (χ0v) is 15.2. The molecule has 0 spiro atoms. The Balaban J connectivity index is 0.000000980. The van der Waals surface area contributed by atoms with Crippen molar-refractivity contribution in [1.82, 2.24) is 5.32 Å². The van der Waals surface area contributed by atoms with Crippen LogP contribution in [0.1, 0.15) is 34.1 Å². The molecule has 7 nitrogen and oxygen atoms in total. The maximum absolute atomic E-state index is 8.89. The Kier molecular flexibility index (Phi) is 12.0. The van der Waals surface area contributed by atoms with Gasteiger partial charge >= 0.3 is 8.80 Å². The standard InChI is InChI=1S/C12H26N2O3Si.C2H4O2/c1-4-15-18(16-5-2,17-6-3)11-7-9-14-10-8-13-12-14;1-2(3)4/h12H,4-11H2,1-3H3;1H3,(H,3,4). The van der Waals surface area contributed by atoms with Crippen LogP contribution in [-0.2, 0) is 18.1 Å². The van der Waals surface area contributed by atoms with E-state index in [2.05, 4.69) is 16.2 Å². The molecule has 1 aliphatic rings. The van der Waals surface area contributed by atoms with Gasteiger partial charge < -0.3 is 23.2 Å². The predicted molar refractivity (Wildman–Crippen MR) is 84.8 cm³/mol. The third-order valence-corrected chi connectivity index (χ3v) is 5.99. The lowest BCUT2D eigenvalue weighted by molar-refractivity contribution is -0.513. The minimum absolute atomic E-state index is 0.656. The first kappa shape index (κ1) is 21.0. The van der Waals surface area contributed by atoms with Crippen LogP contribution in [0.5, 0.6) is 0 Å². The van der Waals surface area contributed by atoms with Gasteiger partial charge in [0.2, 0.25) is 6.34 Å². The molecule has 8 heteroatoms. The summed E-state index contributed by atoms with van der Waals surface area (Å²) < 4.78 is 19.8. The Morgan fingerprint density at radius 2 is 1.73 bits per heavy atom. The summed E-state index contributed by atoms with van der Waals surface area (Å²) in [7, 11) is -2.43. The van der Waals surface area contributed by atoms with E-state index < -0.39 is 14.8 Å². The fourth-order valence-electron chi connectivity index (χ4n) is 2.14. The molecule has 1 rings (SSSR count). The molecule has 0 atom stereocenters. The number of nitrogens with one attached hydrogen (secondary N) is 1. The summed E-state index contributed by atoms with van der Waals surface area (Å²) in [5, 5.41) is 12.1. The molecule has 0 aromatic carbocycles. The van der Waals surface area contributed by atoms with Gasteiger partial charge in [-0.05, 0) is 34.1 Å². The average molecular weight is 334 g/mol. The van der Waals surface area contributed by atoms with E-state index in [1.54, 1.807) is 0 Å². The van der Waals surface area contributed by atoms with E-state index in [9.17, 15) is 0 Å². The van der Waals surface area contributed by atoms with Crippen molar-refractivity contribution in [1.29, 1.82) is 0 Å². The monoisotopic (exact) mass is 334 g/mol. The third kappa shape index (κ3) is 9.88. The highest BCUT2D eigenvalue weighted by atomic mass is 28.4. The molecule has 0 aromatic rings. The van der Waals surface area contributed by atoms with E-state index in [-0.39, 0.29) is 0 Å². The van der Waals surface area contributed by atoms with Gasteiger partial charge in [-0.1, -0.05) is 0 Å². The number of rotatable bonds is 10. The van der Waals surface area contributed by atoms with Gasteiger partial charge in [0.15, 0.2) is 0 Å². The van der Waals surface area contributed by atoms with E-state index in [1.807, 2.05) is 20.8 Å². The second kappa shape index (κ2) is 12.6. The molecular formula is C14H30N2O5Si. The summed E-state index contributed by atoms with van der Waals surface area (Å²) in [5.41, 5.74) is 0. The van der Waals surface area contributed by atoms with Gasteiger partial charge in [0, 0.05) is 31.8 Å². The highest BCUT2D eigenvalue weighted by Crippen LogP contribution is 2.18. The van der Waals surface area contributed by atoms with Crippen molar-refractivity contribution in [3.05, 3.63) is 0 Å². The highest BCUT2D eigenvalue weighted by molar-refractivity contribution is 6.60. The van der Waals surface area contributed by atoms with Crippen LogP contribution in [0.4, 0.5) is 0 Å². The van der Waals surface area contributed by atoms with E-state index in [0.717, 1.165) is 39.0 Å². The topological polar surface area (TPSA) is 82.9 Å². The van der Waals surface area contributed by atoms with Crippen molar-refractivity contribution >= 4 is 21.1 Å². The maximum Gasteiger partial charge on any atom is 0.501 e. The minimum atomic E-state index is -2.43. The van der Waals surface area contributed by atoms with E-state index in [1.165, 1.54) is 0 Å². The first-order valence-electron chi connectivity index (χ1n) is 7.89. The van der Waals surface area contributed by atoms with Crippen LogP contribution in [0.25, 0.3) is 0 Å². The van der Waals surface area contributed by atoms with Gasteiger partial charge in [-0.2, -0.15) is 0 Å². The molecule has 0 fully saturated rings. The molecule has 0 bridgehead atoms. The fraction of sp³-hybridized carbons (Fsp3) is 0.857. The summed E-state index contributed by atoms with van der Waals surface area (Å²) >= 11 is 0. The van der Waals surface area contributed by atoms with Crippen LogP contribution >= 0.6 is 0 Å². The molecule has 130 valence electrons. The van der Waals surface area contributed by atoms with Gasteiger partial charge in [-0.3, -0.25) is 9.89 Å². The van der Waals surface area contributed by atoms with Gasteiger partial charge in [0.05, 0.1) is 6.54 Å². The summed E-state index contributed by atoms with van der Waals surface area (Å²) in [4.78, 5) is 8.89. The lowest BCUT2D eigenvalue weighted by atomic mass is 10.4. The van der Waals surface area contributed by atoms with Crippen LogP contribution in [0.3, 0.4) is 0 Å². The molecule has 1 heterocycles. The Hall–Kier alpha value is -0.963. The number of nitrogens with zero attached hydrogens (tertiary/aromatic N) is 1. The zero-order chi connectivity index (χ0) is 16.8. The molecule has 0 aliphatic carbocycles. The highest BCUT2D eigenvalue weighted by Gasteiger charge is 2.39. The number of carbonyl (C=O) groups excluding carboxylic acids is 1. The fourth-order valence-corrected chi connectivity index (χ4v) is 4.74. The normalized spacial score (nSPS) is 13.9. The number of carbonyl (C=O) groups is 1. The quantitative estimate of drug-likeness (QED) is 0.441. The molecule has 1 aliphatic heterocycles. The summed E-state index contributed by atoms with van der Waals surface area (Å²) in [6.45, 7) is 12.1. The van der Waals surface area contributed by atoms with Crippen molar-refractivity contribution < 1.29 is 27.8 Å². The van der Waals surface area contributed by atoms with Crippen molar-refractivity contribution in [2.75, 3.05) is 39.5 Å². The molecule has 0 amide bonds. The van der Waals surface area contributed by atoms with Crippen LogP contribution < -0.4 is 10.4 Å². The lowest BCUT2D eigenvalue weighted by Crippen LogP contribution is -2.46. The van der Waals surface area contributed by atoms with Crippen molar-refractivity contribution in [3.8, 4) is 0 Å². The summed E-state index contributed by atoms with van der Waals surface area (Å²) in [6, 6.07) is 0.896. The van der Waals surface area contributed by atoms with Crippen molar-refractivity contribution in [3.63, 3.8) is 0 Å².